The number of hydrogen-bond donors (Lipinski definition) is 4. The van der Waals surface area contributed by atoms with E-state index in [0.717, 1.165) is 23.7 Å². The molecule has 0 heterocycles. The molecule has 0 amide bonds. The molecule has 0 saturated carbocycles. The second-order valence-electron chi connectivity index (χ2n) is 6.48. The van der Waals surface area contributed by atoms with E-state index in [4.69, 9.17) is 29.2 Å². The molecule has 1 rings (SSSR count). The minimum Gasteiger partial charge on any atom is -0.497 e. The predicted octanol–water partition coefficient (Wildman–Crippen LogP) is 3.25. The van der Waals surface area contributed by atoms with Crippen molar-refractivity contribution in [3.05, 3.63) is 29.8 Å². The number of thiocarbonyl (C=S) groups is 2. The van der Waals surface area contributed by atoms with Crippen LogP contribution in [0.4, 0.5) is 0 Å². The minimum absolute atomic E-state index is 0.335. The summed E-state index contributed by atoms with van der Waals surface area (Å²) < 4.78 is 5.14. The number of ether oxygens (including phenoxy) is 1. The molecule has 1 aromatic rings. The van der Waals surface area contributed by atoms with Gasteiger partial charge in [-0.1, -0.05) is 38.8 Å². The van der Waals surface area contributed by atoms with Crippen molar-refractivity contribution >= 4 is 34.7 Å². The SMILES string of the molecule is COc1ccc(CNC(=S)NNC(=S)N[C@@H](C)CCCC(C)C)cc1. The first kappa shape index (κ1) is 21.4. The van der Waals surface area contributed by atoms with Gasteiger partial charge in [-0.2, -0.15) is 0 Å². The van der Waals surface area contributed by atoms with Gasteiger partial charge >= 0.3 is 0 Å². The Morgan fingerprint density at radius 2 is 1.64 bits per heavy atom. The van der Waals surface area contributed by atoms with E-state index < -0.39 is 0 Å². The molecule has 7 heteroatoms. The molecular formula is C18H30N4OS2. The van der Waals surface area contributed by atoms with Gasteiger partial charge in [-0.05, 0) is 61.4 Å². The molecule has 5 nitrogen and oxygen atoms in total. The van der Waals surface area contributed by atoms with Crippen LogP contribution in [0.1, 0.15) is 45.6 Å². The number of hydrazine groups is 1. The maximum Gasteiger partial charge on any atom is 0.185 e. The van der Waals surface area contributed by atoms with Crippen LogP contribution >= 0.6 is 24.4 Å². The molecule has 0 radical (unpaired) electrons. The van der Waals surface area contributed by atoms with Gasteiger partial charge in [0.2, 0.25) is 0 Å². The highest BCUT2D eigenvalue weighted by Gasteiger charge is 2.05. The third-order valence-electron chi connectivity index (χ3n) is 3.70. The number of benzene rings is 1. The highest BCUT2D eigenvalue weighted by Crippen LogP contribution is 2.10. The first-order valence-electron chi connectivity index (χ1n) is 8.64. The summed E-state index contributed by atoms with van der Waals surface area (Å²) in [6.07, 6.45) is 3.54. The zero-order chi connectivity index (χ0) is 18.7. The third-order valence-corrected chi connectivity index (χ3v) is 4.16. The average Bonchev–Trinajstić information content (AvgIpc) is 2.58. The Hall–Kier alpha value is -1.60. The van der Waals surface area contributed by atoms with Crippen LogP contribution in [0.2, 0.25) is 0 Å². The zero-order valence-electron chi connectivity index (χ0n) is 15.5. The smallest absolute Gasteiger partial charge is 0.185 e. The van der Waals surface area contributed by atoms with Gasteiger partial charge in [-0.3, -0.25) is 10.9 Å². The van der Waals surface area contributed by atoms with Gasteiger partial charge in [0.1, 0.15) is 5.75 Å². The minimum atomic E-state index is 0.335. The van der Waals surface area contributed by atoms with E-state index in [1.807, 2.05) is 24.3 Å². The van der Waals surface area contributed by atoms with Gasteiger partial charge in [-0.25, -0.2) is 0 Å². The number of rotatable bonds is 8. The van der Waals surface area contributed by atoms with Crippen molar-refractivity contribution in [3.8, 4) is 5.75 Å². The predicted molar refractivity (Wildman–Crippen MR) is 113 cm³/mol. The summed E-state index contributed by atoms with van der Waals surface area (Å²) in [4.78, 5) is 0. The van der Waals surface area contributed by atoms with Crippen molar-refractivity contribution in [1.29, 1.82) is 0 Å². The monoisotopic (exact) mass is 382 g/mol. The average molecular weight is 383 g/mol. The van der Waals surface area contributed by atoms with Crippen molar-refractivity contribution in [3.63, 3.8) is 0 Å². The Labute approximate surface area is 162 Å². The van der Waals surface area contributed by atoms with E-state index in [0.29, 0.717) is 22.8 Å². The molecule has 0 bridgehead atoms. The molecule has 1 aromatic carbocycles. The molecule has 140 valence electrons. The molecule has 0 saturated heterocycles. The second kappa shape index (κ2) is 11.9. The summed E-state index contributed by atoms with van der Waals surface area (Å²) in [5.74, 6) is 1.58. The quantitative estimate of drug-likeness (QED) is 0.407. The Bertz CT molecular complexity index is 534. The largest absolute Gasteiger partial charge is 0.497 e. The molecule has 0 aliphatic rings. The standard InChI is InChI=1S/C18H30N4OS2/c1-13(2)6-5-7-14(3)20-18(25)22-21-17(24)19-12-15-8-10-16(23-4)11-9-15/h8-11,13-14H,5-7,12H2,1-4H3,(H2,19,21,24)(H2,20,22,25)/t14-/m0/s1. The molecule has 1 atom stereocenters. The molecule has 0 fully saturated rings. The van der Waals surface area contributed by atoms with Gasteiger partial charge in [0.25, 0.3) is 0 Å². The molecule has 4 N–H and O–H groups in total. The van der Waals surface area contributed by atoms with Crippen molar-refractivity contribution in [1.82, 2.24) is 21.5 Å². The second-order valence-corrected chi connectivity index (χ2v) is 7.30. The van der Waals surface area contributed by atoms with Crippen molar-refractivity contribution < 1.29 is 4.74 Å². The maximum absolute atomic E-state index is 5.27. The van der Waals surface area contributed by atoms with Crippen LogP contribution in [0.3, 0.4) is 0 Å². The molecule has 0 unspecified atom stereocenters. The van der Waals surface area contributed by atoms with E-state index >= 15 is 0 Å². The third kappa shape index (κ3) is 10.1. The fourth-order valence-electron chi connectivity index (χ4n) is 2.25. The van der Waals surface area contributed by atoms with Crippen LogP contribution < -0.4 is 26.2 Å². The Morgan fingerprint density at radius 1 is 1.00 bits per heavy atom. The van der Waals surface area contributed by atoms with Crippen LogP contribution in [0.25, 0.3) is 0 Å². The molecule has 0 aliphatic heterocycles. The molecule has 0 spiro atoms. The Morgan fingerprint density at radius 3 is 2.24 bits per heavy atom. The Kier molecular flexibility index (Phi) is 10.2. The Balaban J connectivity index is 2.18. The van der Waals surface area contributed by atoms with Gasteiger partial charge < -0.3 is 15.4 Å². The van der Waals surface area contributed by atoms with Crippen LogP contribution in [0, 0.1) is 5.92 Å². The maximum atomic E-state index is 5.27. The summed E-state index contributed by atoms with van der Waals surface area (Å²) in [6.45, 7) is 7.25. The fourth-order valence-corrected chi connectivity index (χ4v) is 2.62. The summed E-state index contributed by atoms with van der Waals surface area (Å²) in [7, 11) is 1.65. The molecular weight excluding hydrogens is 352 g/mol. The normalized spacial score (nSPS) is 11.6. The van der Waals surface area contributed by atoms with Crippen LogP contribution in [-0.4, -0.2) is 23.4 Å². The lowest BCUT2D eigenvalue weighted by atomic mass is 10.0. The molecule has 25 heavy (non-hydrogen) atoms. The number of nitrogens with one attached hydrogen (secondary N) is 4. The van der Waals surface area contributed by atoms with Gasteiger partial charge in [0.05, 0.1) is 7.11 Å². The summed E-state index contributed by atoms with van der Waals surface area (Å²) in [5.41, 5.74) is 6.93. The van der Waals surface area contributed by atoms with Crippen molar-refractivity contribution in [2.24, 2.45) is 5.92 Å². The lowest BCUT2D eigenvalue weighted by molar-refractivity contribution is 0.414. The number of hydrogen-bond acceptors (Lipinski definition) is 3. The van der Waals surface area contributed by atoms with Crippen molar-refractivity contribution in [2.75, 3.05) is 7.11 Å². The van der Waals surface area contributed by atoms with Crippen LogP contribution in [0.5, 0.6) is 5.75 Å². The van der Waals surface area contributed by atoms with E-state index in [9.17, 15) is 0 Å². The highest BCUT2D eigenvalue weighted by molar-refractivity contribution is 7.80. The zero-order valence-corrected chi connectivity index (χ0v) is 17.2. The molecule has 0 aromatic heterocycles. The lowest BCUT2D eigenvalue weighted by Crippen LogP contribution is -2.51. The van der Waals surface area contributed by atoms with Gasteiger partial charge in [0, 0.05) is 12.6 Å². The highest BCUT2D eigenvalue weighted by atomic mass is 32.1. The van der Waals surface area contributed by atoms with Crippen molar-refractivity contribution in [2.45, 2.75) is 52.6 Å². The summed E-state index contributed by atoms with van der Waals surface area (Å²) in [6, 6.07) is 8.16. The summed E-state index contributed by atoms with van der Waals surface area (Å²) >= 11 is 10.5. The first-order chi connectivity index (χ1) is 11.9. The lowest BCUT2D eigenvalue weighted by Gasteiger charge is -2.18. The number of methoxy groups -OCH3 is 1. The van der Waals surface area contributed by atoms with E-state index in [2.05, 4.69) is 42.3 Å². The van der Waals surface area contributed by atoms with E-state index in [1.165, 1.54) is 12.8 Å². The van der Waals surface area contributed by atoms with E-state index in [-0.39, 0.29) is 0 Å². The summed E-state index contributed by atoms with van der Waals surface area (Å²) in [5, 5.41) is 7.41. The first-order valence-corrected chi connectivity index (χ1v) is 9.45. The van der Waals surface area contributed by atoms with E-state index in [1.54, 1.807) is 7.11 Å². The van der Waals surface area contributed by atoms with Gasteiger partial charge in [-0.15, -0.1) is 0 Å². The molecule has 0 aliphatic carbocycles. The van der Waals surface area contributed by atoms with Crippen LogP contribution in [-0.2, 0) is 6.54 Å². The fraction of sp³-hybridized carbons (Fsp3) is 0.556. The topological polar surface area (TPSA) is 57.4 Å². The van der Waals surface area contributed by atoms with Crippen LogP contribution in [0.15, 0.2) is 24.3 Å². The van der Waals surface area contributed by atoms with Gasteiger partial charge in [0.15, 0.2) is 10.2 Å².